The topological polar surface area (TPSA) is 41.9 Å². The maximum atomic E-state index is 13.3. The first-order valence-electron chi connectivity index (χ1n) is 8.15. The van der Waals surface area contributed by atoms with E-state index in [1.54, 1.807) is 24.3 Å². The maximum absolute atomic E-state index is 13.3. The molecular formula is C19H17Cl2FN4S. The van der Waals surface area contributed by atoms with Gasteiger partial charge in [-0.3, -0.25) is 4.68 Å². The maximum Gasteiger partial charge on any atom is 0.175 e. The molecule has 27 heavy (non-hydrogen) atoms. The lowest BCUT2D eigenvalue weighted by atomic mass is 10.2. The zero-order chi connectivity index (χ0) is 19.6. The summed E-state index contributed by atoms with van der Waals surface area (Å²) >= 11 is 17.6. The Morgan fingerprint density at radius 1 is 1.15 bits per heavy atom. The average Bonchev–Trinajstić information content (AvgIpc) is 2.85. The van der Waals surface area contributed by atoms with Crippen molar-refractivity contribution in [3.63, 3.8) is 0 Å². The summed E-state index contributed by atoms with van der Waals surface area (Å²) in [6, 6.07) is 11.5. The SMILES string of the molecule is Cc1nn(Cc2ccc(Cl)cc2Cl)c(C)c1NC(=S)Nc1cccc(F)c1. The second-order valence-electron chi connectivity index (χ2n) is 6.03. The highest BCUT2D eigenvalue weighted by molar-refractivity contribution is 7.80. The van der Waals surface area contributed by atoms with Gasteiger partial charge in [-0.2, -0.15) is 5.10 Å². The van der Waals surface area contributed by atoms with Crippen molar-refractivity contribution in [1.82, 2.24) is 9.78 Å². The summed E-state index contributed by atoms with van der Waals surface area (Å²) in [6.45, 7) is 4.34. The Kier molecular flexibility index (Phi) is 5.99. The number of aromatic nitrogens is 2. The lowest BCUT2D eigenvalue weighted by Crippen LogP contribution is -2.20. The summed E-state index contributed by atoms with van der Waals surface area (Å²) < 4.78 is 15.1. The Morgan fingerprint density at radius 2 is 1.93 bits per heavy atom. The number of hydrogen-bond acceptors (Lipinski definition) is 2. The van der Waals surface area contributed by atoms with E-state index in [1.165, 1.54) is 12.1 Å². The smallest absolute Gasteiger partial charge is 0.175 e. The van der Waals surface area contributed by atoms with Crippen molar-refractivity contribution in [3.05, 3.63) is 75.3 Å². The van der Waals surface area contributed by atoms with Crippen molar-refractivity contribution >= 4 is 51.9 Å². The predicted molar refractivity (Wildman–Crippen MR) is 114 cm³/mol. The molecule has 4 nitrogen and oxygen atoms in total. The lowest BCUT2D eigenvalue weighted by Gasteiger charge is -2.11. The normalized spacial score (nSPS) is 10.7. The molecule has 0 aliphatic heterocycles. The Balaban J connectivity index is 1.76. The minimum absolute atomic E-state index is 0.331. The molecular weight excluding hydrogens is 406 g/mol. The fourth-order valence-corrected chi connectivity index (χ4v) is 3.37. The van der Waals surface area contributed by atoms with Crippen LogP contribution in [0.2, 0.25) is 10.0 Å². The molecule has 3 rings (SSSR count). The standard InChI is InChI=1S/C19H17Cl2FN4S/c1-11-18(24-19(27)23-16-5-3-4-15(22)9-16)12(2)26(25-11)10-13-6-7-14(20)8-17(13)21/h3-9H,10H2,1-2H3,(H2,23,24,27). The van der Waals surface area contributed by atoms with E-state index >= 15 is 0 Å². The number of anilines is 2. The van der Waals surface area contributed by atoms with Crippen LogP contribution in [-0.2, 0) is 6.54 Å². The van der Waals surface area contributed by atoms with E-state index in [4.69, 9.17) is 35.4 Å². The van der Waals surface area contributed by atoms with Crippen LogP contribution >= 0.6 is 35.4 Å². The van der Waals surface area contributed by atoms with Crippen molar-refractivity contribution in [3.8, 4) is 0 Å². The van der Waals surface area contributed by atoms with Gasteiger partial charge in [0.05, 0.1) is 23.6 Å². The molecule has 0 amide bonds. The third-order valence-corrected chi connectivity index (χ3v) is 4.83. The van der Waals surface area contributed by atoms with Crippen LogP contribution < -0.4 is 10.6 Å². The molecule has 0 fully saturated rings. The number of nitrogens with zero attached hydrogens (tertiary/aromatic N) is 2. The van der Waals surface area contributed by atoms with Crippen LogP contribution in [0.5, 0.6) is 0 Å². The quantitative estimate of drug-likeness (QED) is 0.521. The molecule has 1 aromatic heterocycles. The molecule has 0 atom stereocenters. The number of nitrogens with one attached hydrogen (secondary N) is 2. The fraction of sp³-hybridized carbons (Fsp3) is 0.158. The van der Waals surface area contributed by atoms with Crippen LogP contribution in [0.25, 0.3) is 0 Å². The Morgan fingerprint density at radius 3 is 2.63 bits per heavy atom. The minimum atomic E-state index is -0.331. The van der Waals surface area contributed by atoms with Gasteiger partial charge < -0.3 is 10.6 Å². The summed E-state index contributed by atoms with van der Waals surface area (Å²) in [5.41, 5.74) is 3.98. The van der Waals surface area contributed by atoms with Gasteiger partial charge in [-0.25, -0.2) is 4.39 Å². The van der Waals surface area contributed by atoms with Gasteiger partial charge in [0.1, 0.15) is 5.82 Å². The van der Waals surface area contributed by atoms with Gasteiger partial charge in [0.25, 0.3) is 0 Å². The molecule has 2 N–H and O–H groups in total. The zero-order valence-electron chi connectivity index (χ0n) is 14.7. The van der Waals surface area contributed by atoms with Gasteiger partial charge in [0, 0.05) is 15.7 Å². The number of thiocarbonyl (C=S) groups is 1. The van der Waals surface area contributed by atoms with Gasteiger partial charge in [-0.05, 0) is 62.0 Å². The molecule has 0 unspecified atom stereocenters. The molecule has 0 aliphatic rings. The molecule has 3 aromatic rings. The first kappa shape index (κ1) is 19.6. The first-order valence-corrected chi connectivity index (χ1v) is 9.31. The minimum Gasteiger partial charge on any atom is -0.332 e. The van der Waals surface area contributed by atoms with E-state index < -0.39 is 0 Å². The lowest BCUT2D eigenvalue weighted by molar-refractivity contribution is 0.628. The second-order valence-corrected chi connectivity index (χ2v) is 7.28. The molecule has 0 radical (unpaired) electrons. The summed E-state index contributed by atoms with van der Waals surface area (Å²) in [5, 5.41) is 12.2. The van der Waals surface area contributed by atoms with Gasteiger partial charge in [0.15, 0.2) is 5.11 Å². The van der Waals surface area contributed by atoms with E-state index in [-0.39, 0.29) is 5.82 Å². The van der Waals surface area contributed by atoms with Crippen LogP contribution in [0, 0.1) is 19.7 Å². The summed E-state index contributed by atoms with van der Waals surface area (Å²) in [7, 11) is 0. The number of hydrogen-bond donors (Lipinski definition) is 2. The molecule has 8 heteroatoms. The van der Waals surface area contributed by atoms with Crippen LogP contribution in [0.3, 0.4) is 0 Å². The summed E-state index contributed by atoms with van der Waals surface area (Å²) in [6.07, 6.45) is 0. The summed E-state index contributed by atoms with van der Waals surface area (Å²) in [5.74, 6) is -0.331. The highest BCUT2D eigenvalue weighted by Gasteiger charge is 2.14. The van der Waals surface area contributed by atoms with Crippen molar-refractivity contribution in [2.24, 2.45) is 0 Å². The number of benzene rings is 2. The molecule has 0 saturated heterocycles. The monoisotopic (exact) mass is 422 g/mol. The van der Waals surface area contributed by atoms with E-state index in [2.05, 4.69) is 15.7 Å². The molecule has 1 heterocycles. The molecule has 140 valence electrons. The van der Waals surface area contributed by atoms with Gasteiger partial charge in [-0.15, -0.1) is 0 Å². The van der Waals surface area contributed by atoms with Crippen LogP contribution in [0.4, 0.5) is 15.8 Å². The third-order valence-electron chi connectivity index (χ3n) is 4.04. The van der Waals surface area contributed by atoms with Crippen LogP contribution in [0.1, 0.15) is 17.0 Å². The molecule has 0 saturated carbocycles. The molecule has 0 aliphatic carbocycles. The Labute approximate surface area is 172 Å². The molecule has 0 bridgehead atoms. The first-order chi connectivity index (χ1) is 12.8. The third kappa shape index (κ3) is 4.77. The van der Waals surface area contributed by atoms with E-state index in [0.717, 1.165) is 22.6 Å². The number of aryl methyl sites for hydroxylation is 1. The fourth-order valence-electron chi connectivity index (χ4n) is 2.69. The highest BCUT2D eigenvalue weighted by Crippen LogP contribution is 2.25. The predicted octanol–water partition coefficient (Wildman–Crippen LogP) is 5.80. The van der Waals surface area contributed by atoms with Gasteiger partial charge in [-0.1, -0.05) is 35.3 Å². The van der Waals surface area contributed by atoms with Crippen molar-refractivity contribution in [1.29, 1.82) is 0 Å². The van der Waals surface area contributed by atoms with E-state index in [0.29, 0.717) is 27.4 Å². The number of halogens is 3. The molecule has 2 aromatic carbocycles. The van der Waals surface area contributed by atoms with E-state index in [1.807, 2.05) is 24.6 Å². The van der Waals surface area contributed by atoms with Crippen molar-refractivity contribution in [2.75, 3.05) is 10.6 Å². The van der Waals surface area contributed by atoms with E-state index in [9.17, 15) is 4.39 Å². The van der Waals surface area contributed by atoms with Gasteiger partial charge in [0.2, 0.25) is 0 Å². The van der Waals surface area contributed by atoms with Gasteiger partial charge >= 0.3 is 0 Å². The summed E-state index contributed by atoms with van der Waals surface area (Å²) in [4.78, 5) is 0. The second kappa shape index (κ2) is 8.25. The highest BCUT2D eigenvalue weighted by atomic mass is 35.5. The molecule has 0 spiro atoms. The Bertz CT molecular complexity index is 1000. The Hall–Kier alpha value is -2.15. The van der Waals surface area contributed by atoms with Crippen molar-refractivity contribution < 1.29 is 4.39 Å². The zero-order valence-corrected chi connectivity index (χ0v) is 17.0. The largest absolute Gasteiger partial charge is 0.332 e. The number of rotatable bonds is 4. The van der Waals surface area contributed by atoms with Crippen molar-refractivity contribution in [2.45, 2.75) is 20.4 Å². The van der Waals surface area contributed by atoms with Crippen LogP contribution in [-0.4, -0.2) is 14.9 Å². The van der Waals surface area contributed by atoms with Crippen LogP contribution in [0.15, 0.2) is 42.5 Å². The average molecular weight is 423 g/mol.